The van der Waals surface area contributed by atoms with Crippen LogP contribution in [0, 0.1) is 5.92 Å². The fraction of sp³-hybridized carbons (Fsp3) is 0.500. The van der Waals surface area contributed by atoms with Crippen LogP contribution in [0.5, 0.6) is 0 Å². The van der Waals surface area contributed by atoms with Gasteiger partial charge in [-0.2, -0.15) is 0 Å². The molecule has 0 radical (unpaired) electrons. The van der Waals surface area contributed by atoms with Gasteiger partial charge in [0.15, 0.2) is 0 Å². The molecule has 2 atom stereocenters. The van der Waals surface area contributed by atoms with Gasteiger partial charge in [-0.25, -0.2) is 0 Å². The lowest BCUT2D eigenvalue weighted by molar-refractivity contribution is 0.397. The number of likely N-dealkylation sites (N-methyl/N-ethyl adjacent to an activating group) is 1. The van der Waals surface area contributed by atoms with Crippen molar-refractivity contribution in [2.75, 3.05) is 26.7 Å². The predicted molar refractivity (Wildman–Crippen MR) is 66.9 cm³/mol. The van der Waals surface area contributed by atoms with Gasteiger partial charge in [-0.05, 0) is 37.2 Å². The average Bonchev–Trinajstić information content (AvgIpc) is 2.61. The summed E-state index contributed by atoms with van der Waals surface area (Å²) in [6.07, 6.45) is 0. The molecule has 1 saturated heterocycles. The van der Waals surface area contributed by atoms with Crippen molar-refractivity contribution >= 4 is 15.9 Å². The van der Waals surface area contributed by atoms with Crippen LogP contribution in [0.15, 0.2) is 28.7 Å². The van der Waals surface area contributed by atoms with Crippen LogP contribution in [0.2, 0.25) is 0 Å². The Hall–Kier alpha value is -0.380. The lowest BCUT2D eigenvalue weighted by Crippen LogP contribution is -2.21. The van der Waals surface area contributed by atoms with Crippen LogP contribution in [-0.4, -0.2) is 31.6 Å². The maximum atomic E-state index is 5.82. The molecule has 1 aromatic carbocycles. The lowest BCUT2D eigenvalue weighted by Gasteiger charge is -2.16. The van der Waals surface area contributed by atoms with E-state index in [2.05, 4.69) is 52.1 Å². The molecule has 0 saturated carbocycles. The molecule has 2 unspecified atom stereocenters. The number of nitrogens with zero attached hydrogens (tertiary/aromatic N) is 1. The van der Waals surface area contributed by atoms with E-state index in [4.69, 9.17) is 5.73 Å². The van der Waals surface area contributed by atoms with Crippen LogP contribution in [-0.2, 0) is 0 Å². The van der Waals surface area contributed by atoms with E-state index in [1.807, 2.05) is 0 Å². The SMILES string of the molecule is CN1CC(CN)C(c2ccc(Br)cc2)C1. The summed E-state index contributed by atoms with van der Waals surface area (Å²) in [5.41, 5.74) is 7.23. The van der Waals surface area contributed by atoms with E-state index in [1.165, 1.54) is 5.56 Å². The number of nitrogens with two attached hydrogens (primary N) is 1. The number of halogens is 1. The third-order valence-electron chi connectivity index (χ3n) is 3.22. The fourth-order valence-electron chi connectivity index (χ4n) is 2.41. The summed E-state index contributed by atoms with van der Waals surface area (Å²) in [6, 6.07) is 8.63. The van der Waals surface area contributed by atoms with Crippen molar-refractivity contribution in [2.45, 2.75) is 5.92 Å². The standard InChI is InChI=1S/C12H17BrN2/c1-15-7-10(6-14)12(8-15)9-2-4-11(13)5-3-9/h2-5,10,12H,6-8,14H2,1H3. The average molecular weight is 269 g/mol. The predicted octanol–water partition coefficient (Wildman–Crippen LogP) is 2.05. The second-order valence-electron chi connectivity index (χ2n) is 4.38. The van der Waals surface area contributed by atoms with Gasteiger partial charge in [-0.3, -0.25) is 0 Å². The van der Waals surface area contributed by atoms with E-state index in [0.717, 1.165) is 24.1 Å². The summed E-state index contributed by atoms with van der Waals surface area (Å²) in [4.78, 5) is 2.37. The van der Waals surface area contributed by atoms with Crippen LogP contribution < -0.4 is 5.73 Å². The molecule has 0 aliphatic carbocycles. The Labute approximate surface area is 99.6 Å². The highest BCUT2D eigenvalue weighted by molar-refractivity contribution is 9.10. The molecule has 0 amide bonds. The van der Waals surface area contributed by atoms with E-state index in [-0.39, 0.29) is 0 Å². The molecule has 2 rings (SSSR count). The van der Waals surface area contributed by atoms with E-state index in [1.54, 1.807) is 0 Å². The molecule has 82 valence electrons. The Bertz CT molecular complexity index is 323. The van der Waals surface area contributed by atoms with E-state index >= 15 is 0 Å². The monoisotopic (exact) mass is 268 g/mol. The third-order valence-corrected chi connectivity index (χ3v) is 3.75. The molecule has 0 spiro atoms. The van der Waals surface area contributed by atoms with Crippen molar-refractivity contribution in [1.29, 1.82) is 0 Å². The van der Waals surface area contributed by atoms with Crippen molar-refractivity contribution < 1.29 is 0 Å². The van der Waals surface area contributed by atoms with Gasteiger partial charge in [0.1, 0.15) is 0 Å². The Morgan fingerprint density at radius 1 is 1.33 bits per heavy atom. The largest absolute Gasteiger partial charge is 0.330 e. The van der Waals surface area contributed by atoms with Gasteiger partial charge in [0.05, 0.1) is 0 Å². The highest BCUT2D eigenvalue weighted by atomic mass is 79.9. The Morgan fingerprint density at radius 3 is 2.60 bits per heavy atom. The first-order chi connectivity index (χ1) is 7.20. The number of hydrogen-bond donors (Lipinski definition) is 1. The molecule has 15 heavy (non-hydrogen) atoms. The fourth-order valence-corrected chi connectivity index (χ4v) is 2.68. The molecule has 2 nitrogen and oxygen atoms in total. The molecular formula is C12H17BrN2. The summed E-state index contributed by atoms with van der Waals surface area (Å²) in [6.45, 7) is 3.03. The van der Waals surface area contributed by atoms with Crippen LogP contribution in [0.25, 0.3) is 0 Å². The highest BCUT2D eigenvalue weighted by Gasteiger charge is 2.30. The minimum absolute atomic E-state index is 0.605. The summed E-state index contributed by atoms with van der Waals surface area (Å²) in [7, 11) is 2.17. The molecule has 1 fully saturated rings. The summed E-state index contributed by atoms with van der Waals surface area (Å²) >= 11 is 3.46. The van der Waals surface area contributed by atoms with Gasteiger partial charge in [-0.1, -0.05) is 28.1 Å². The van der Waals surface area contributed by atoms with E-state index < -0.39 is 0 Å². The quantitative estimate of drug-likeness (QED) is 0.890. The van der Waals surface area contributed by atoms with Crippen LogP contribution in [0.1, 0.15) is 11.5 Å². The first-order valence-corrected chi connectivity index (χ1v) is 6.14. The number of likely N-dealkylation sites (tertiary alicyclic amines) is 1. The first kappa shape index (κ1) is 11.1. The van der Waals surface area contributed by atoms with Crippen molar-refractivity contribution in [2.24, 2.45) is 11.7 Å². The zero-order valence-corrected chi connectivity index (χ0v) is 10.6. The third kappa shape index (κ3) is 2.41. The number of hydrogen-bond acceptors (Lipinski definition) is 2. The molecule has 0 aromatic heterocycles. The smallest absolute Gasteiger partial charge is 0.0175 e. The molecule has 0 bridgehead atoms. The molecule has 3 heteroatoms. The number of benzene rings is 1. The van der Waals surface area contributed by atoms with Crippen LogP contribution in [0.3, 0.4) is 0 Å². The Balaban J connectivity index is 2.19. The van der Waals surface area contributed by atoms with Gasteiger partial charge in [0.2, 0.25) is 0 Å². The number of rotatable bonds is 2. The zero-order valence-electron chi connectivity index (χ0n) is 8.99. The van der Waals surface area contributed by atoms with Crippen molar-refractivity contribution in [3.8, 4) is 0 Å². The molecule has 2 N–H and O–H groups in total. The summed E-state index contributed by atoms with van der Waals surface area (Å²) in [5.74, 6) is 1.21. The lowest BCUT2D eigenvalue weighted by atomic mass is 9.89. The Morgan fingerprint density at radius 2 is 2.00 bits per heavy atom. The molecule has 1 aromatic rings. The topological polar surface area (TPSA) is 29.3 Å². The highest BCUT2D eigenvalue weighted by Crippen LogP contribution is 2.31. The van der Waals surface area contributed by atoms with Crippen LogP contribution in [0.4, 0.5) is 0 Å². The van der Waals surface area contributed by atoms with E-state index in [9.17, 15) is 0 Å². The van der Waals surface area contributed by atoms with Gasteiger partial charge >= 0.3 is 0 Å². The van der Waals surface area contributed by atoms with Gasteiger partial charge in [0, 0.05) is 23.5 Å². The van der Waals surface area contributed by atoms with Crippen molar-refractivity contribution in [3.05, 3.63) is 34.3 Å². The maximum Gasteiger partial charge on any atom is 0.0175 e. The molecule has 1 aliphatic heterocycles. The van der Waals surface area contributed by atoms with E-state index in [0.29, 0.717) is 11.8 Å². The second-order valence-corrected chi connectivity index (χ2v) is 5.29. The molecule has 1 heterocycles. The van der Waals surface area contributed by atoms with Gasteiger partial charge < -0.3 is 10.6 Å². The maximum absolute atomic E-state index is 5.82. The minimum atomic E-state index is 0.605. The van der Waals surface area contributed by atoms with Crippen molar-refractivity contribution in [3.63, 3.8) is 0 Å². The van der Waals surface area contributed by atoms with Crippen molar-refractivity contribution in [1.82, 2.24) is 4.90 Å². The van der Waals surface area contributed by atoms with Gasteiger partial charge in [0.25, 0.3) is 0 Å². The molecular weight excluding hydrogens is 252 g/mol. The Kier molecular flexibility index (Phi) is 3.44. The normalized spacial score (nSPS) is 27.1. The zero-order chi connectivity index (χ0) is 10.8. The van der Waals surface area contributed by atoms with Crippen LogP contribution >= 0.6 is 15.9 Å². The second kappa shape index (κ2) is 4.64. The van der Waals surface area contributed by atoms with Gasteiger partial charge in [-0.15, -0.1) is 0 Å². The summed E-state index contributed by atoms with van der Waals surface area (Å²) < 4.78 is 1.14. The minimum Gasteiger partial charge on any atom is -0.330 e. The summed E-state index contributed by atoms with van der Waals surface area (Å²) in [5, 5.41) is 0. The first-order valence-electron chi connectivity index (χ1n) is 5.35. The molecule has 1 aliphatic rings.